The Morgan fingerprint density at radius 3 is 2.68 bits per heavy atom. The highest BCUT2D eigenvalue weighted by Crippen LogP contribution is 2.12. The van der Waals surface area contributed by atoms with Gasteiger partial charge >= 0.3 is 6.09 Å². The molecule has 1 N–H and O–H groups in total. The predicted octanol–water partition coefficient (Wildman–Crippen LogP) is 2.56. The van der Waals surface area contributed by atoms with E-state index in [1.807, 2.05) is 27.8 Å². The fraction of sp³-hybridized carbons (Fsp3) is 0.941. The van der Waals surface area contributed by atoms with Crippen LogP contribution >= 0.6 is 0 Å². The summed E-state index contributed by atoms with van der Waals surface area (Å²) in [6.07, 6.45) is 3.49. The molecule has 1 saturated heterocycles. The molecule has 0 bridgehead atoms. The van der Waals surface area contributed by atoms with Gasteiger partial charge in [-0.3, -0.25) is 0 Å². The molecule has 2 atom stereocenters. The molecule has 0 aromatic heterocycles. The molecule has 5 nitrogen and oxygen atoms in total. The summed E-state index contributed by atoms with van der Waals surface area (Å²) >= 11 is 0. The SMILES string of the molecule is CC(CNC1CCCN(C)CC1)CN(C)C(=O)OC(C)(C)C. The van der Waals surface area contributed by atoms with Crippen molar-refractivity contribution in [2.45, 2.75) is 58.6 Å². The maximum Gasteiger partial charge on any atom is 0.410 e. The zero-order valence-electron chi connectivity index (χ0n) is 15.3. The van der Waals surface area contributed by atoms with Gasteiger partial charge in [-0.1, -0.05) is 6.92 Å². The Labute approximate surface area is 136 Å². The highest BCUT2D eigenvalue weighted by Gasteiger charge is 2.21. The van der Waals surface area contributed by atoms with Gasteiger partial charge in [-0.25, -0.2) is 4.79 Å². The van der Waals surface area contributed by atoms with Crippen LogP contribution in [0.1, 0.15) is 47.0 Å². The first kappa shape index (κ1) is 19.2. The number of rotatable bonds is 5. The highest BCUT2D eigenvalue weighted by atomic mass is 16.6. The van der Waals surface area contributed by atoms with Crippen LogP contribution in [0.5, 0.6) is 0 Å². The highest BCUT2D eigenvalue weighted by molar-refractivity contribution is 5.67. The van der Waals surface area contributed by atoms with Crippen LogP contribution in [-0.4, -0.2) is 67.8 Å². The molecule has 1 aliphatic rings. The van der Waals surface area contributed by atoms with E-state index in [0.29, 0.717) is 18.5 Å². The maximum atomic E-state index is 12.0. The van der Waals surface area contributed by atoms with Crippen molar-refractivity contribution in [2.75, 3.05) is 40.3 Å². The summed E-state index contributed by atoms with van der Waals surface area (Å²) in [6.45, 7) is 11.9. The minimum atomic E-state index is -0.431. The molecule has 22 heavy (non-hydrogen) atoms. The molecular weight excluding hydrogens is 278 g/mol. The number of carbonyl (C=O) groups excluding carboxylic acids is 1. The van der Waals surface area contributed by atoms with Gasteiger partial charge in [0.05, 0.1) is 0 Å². The molecule has 0 aromatic rings. The summed E-state index contributed by atoms with van der Waals surface area (Å²) < 4.78 is 5.38. The van der Waals surface area contributed by atoms with Gasteiger partial charge in [0.2, 0.25) is 0 Å². The van der Waals surface area contributed by atoms with E-state index in [1.54, 1.807) is 4.90 Å². The van der Waals surface area contributed by atoms with E-state index in [0.717, 1.165) is 6.54 Å². The Bertz CT molecular complexity index is 341. The predicted molar refractivity (Wildman–Crippen MR) is 91.2 cm³/mol. The minimum Gasteiger partial charge on any atom is -0.444 e. The molecule has 0 spiro atoms. The average molecular weight is 313 g/mol. The van der Waals surface area contributed by atoms with Gasteiger partial charge in [0.1, 0.15) is 5.60 Å². The van der Waals surface area contributed by atoms with Crippen LogP contribution < -0.4 is 5.32 Å². The largest absolute Gasteiger partial charge is 0.444 e. The third-order valence-electron chi connectivity index (χ3n) is 4.00. The topological polar surface area (TPSA) is 44.8 Å². The monoisotopic (exact) mass is 313 g/mol. The van der Waals surface area contributed by atoms with Crippen molar-refractivity contribution < 1.29 is 9.53 Å². The summed E-state index contributed by atoms with van der Waals surface area (Å²) in [5.74, 6) is 0.415. The summed E-state index contributed by atoms with van der Waals surface area (Å²) in [5.41, 5.74) is -0.431. The molecular formula is C17H35N3O2. The van der Waals surface area contributed by atoms with E-state index < -0.39 is 5.60 Å². The van der Waals surface area contributed by atoms with E-state index >= 15 is 0 Å². The molecule has 1 fully saturated rings. The molecule has 1 amide bonds. The second-order valence-corrected chi connectivity index (χ2v) is 7.81. The first-order chi connectivity index (χ1) is 10.2. The maximum absolute atomic E-state index is 12.0. The number of nitrogens with one attached hydrogen (secondary N) is 1. The van der Waals surface area contributed by atoms with Crippen LogP contribution in [0.4, 0.5) is 4.79 Å². The zero-order chi connectivity index (χ0) is 16.8. The van der Waals surface area contributed by atoms with Crippen LogP contribution in [-0.2, 0) is 4.74 Å². The van der Waals surface area contributed by atoms with E-state index in [4.69, 9.17) is 4.74 Å². The number of nitrogens with zero attached hydrogens (tertiary/aromatic N) is 2. The molecule has 5 heteroatoms. The number of likely N-dealkylation sites (tertiary alicyclic amines) is 1. The molecule has 2 unspecified atom stereocenters. The van der Waals surface area contributed by atoms with E-state index in [2.05, 4.69) is 24.2 Å². The van der Waals surface area contributed by atoms with Gasteiger partial charge in [-0.15, -0.1) is 0 Å². The van der Waals surface area contributed by atoms with Gasteiger partial charge in [0.25, 0.3) is 0 Å². The second-order valence-electron chi connectivity index (χ2n) is 7.81. The van der Waals surface area contributed by atoms with Crippen molar-refractivity contribution in [3.05, 3.63) is 0 Å². The number of carbonyl (C=O) groups is 1. The lowest BCUT2D eigenvalue weighted by Gasteiger charge is -2.27. The molecule has 1 rings (SSSR count). The molecule has 1 heterocycles. The minimum absolute atomic E-state index is 0.240. The molecule has 0 radical (unpaired) electrons. The lowest BCUT2D eigenvalue weighted by atomic mass is 10.1. The Morgan fingerprint density at radius 1 is 1.36 bits per heavy atom. The number of hydrogen-bond acceptors (Lipinski definition) is 4. The third kappa shape index (κ3) is 7.99. The summed E-state index contributed by atoms with van der Waals surface area (Å²) in [6, 6.07) is 0.610. The second kappa shape index (κ2) is 8.73. The van der Waals surface area contributed by atoms with Crippen LogP contribution in [0.2, 0.25) is 0 Å². The van der Waals surface area contributed by atoms with Crippen LogP contribution in [0.15, 0.2) is 0 Å². The summed E-state index contributed by atoms with van der Waals surface area (Å²) in [5, 5.41) is 3.67. The van der Waals surface area contributed by atoms with E-state index in [1.165, 1.54) is 32.4 Å². The molecule has 1 aliphatic heterocycles. The van der Waals surface area contributed by atoms with Gasteiger partial charge in [-0.2, -0.15) is 0 Å². The van der Waals surface area contributed by atoms with E-state index in [9.17, 15) is 4.79 Å². The van der Waals surface area contributed by atoms with Gasteiger partial charge in [0, 0.05) is 19.6 Å². The van der Waals surface area contributed by atoms with E-state index in [-0.39, 0.29) is 6.09 Å². The quantitative estimate of drug-likeness (QED) is 0.847. The van der Waals surface area contributed by atoms with Crippen molar-refractivity contribution in [3.63, 3.8) is 0 Å². The lowest BCUT2D eigenvalue weighted by Crippen LogP contribution is -2.40. The van der Waals surface area contributed by atoms with Gasteiger partial charge in [0.15, 0.2) is 0 Å². The number of amides is 1. The Balaban J connectivity index is 2.27. The van der Waals surface area contributed by atoms with Crippen LogP contribution in [0.3, 0.4) is 0 Å². The fourth-order valence-electron chi connectivity index (χ4n) is 2.76. The summed E-state index contributed by atoms with van der Waals surface area (Å²) in [4.78, 5) is 16.0. The smallest absolute Gasteiger partial charge is 0.410 e. The lowest BCUT2D eigenvalue weighted by molar-refractivity contribution is 0.0276. The molecule has 0 saturated carbocycles. The van der Waals surface area contributed by atoms with Crippen molar-refractivity contribution in [1.82, 2.24) is 15.1 Å². The Morgan fingerprint density at radius 2 is 2.05 bits per heavy atom. The van der Waals surface area contributed by atoms with Crippen molar-refractivity contribution >= 4 is 6.09 Å². The normalized spacial score (nSPS) is 22.0. The fourth-order valence-corrected chi connectivity index (χ4v) is 2.76. The zero-order valence-corrected chi connectivity index (χ0v) is 15.3. The average Bonchev–Trinajstić information content (AvgIpc) is 2.59. The third-order valence-corrected chi connectivity index (χ3v) is 4.00. The number of hydrogen-bond donors (Lipinski definition) is 1. The van der Waals surface area contributed by atoms with Gasteiger partial charge < -0.3 is 19.9 Å². The molecule has 0 aliphatic carbocycles. The first-order valence-electron chi connectivity index (χ1n) is 8.53. The summed E-state index contributed by atoms with van der Waals surface area (Å²) in [7, 11) is 4.01. The standard InChI is InChI=1S/C17H35N3O2/c1-14(13-20(6)16(21)22-17(2,3)4)12-18-15-8-7-10-19(5)11-9-15/h14-15,18H,7-13H2,1-6H3. The molecule has 130 valence electrons. The van der Waals surface area contributed by atoms with Crippen molar-refractivity contribution in [2.24, 2.45) is 5.92 Å². The van der Waals surface area contributed by atoms with Crippen molar-refractivity contribution in [3.8, 4) is 0 Å². The van der Waals surface area contributed by atoms with Crippen LogP contribution in [0.25, 0.3) is 0 Å². The van der Waals surface area contributed by atoms with Gasteiger partial charge in [-0.05, 0) is 72.6 Å². The molecule has 0 aromatic carbocycles. The van der Waals surface area contributed by atoms with Crippen molar-refractivity contribution in [1.29, 1.82) is 0 Å². The Hall–Kier alpha value is -0.810. The van der Waals surface area contributed by atoms with Crippen LogP contribution in [0, 0.1) is 5.92 Å². The Kier molecular flexibility index (Phi) is 7.63. The number of ether oxygens (including phenoxy) is 1. The first-order valence-corrected chi connectivity index (χ1v) is 8.53.